The van der Waals surface area contributed by atoms with Crippen molar-refractivity contribution in [2.45, 2.75) is 6.18 Å². The fraction of sp³-hybridized carbons (Fsp3) is 0.0435. The molecule has 156 valence electrons. The normalized spacial score (nSPS) is 11.2. The SMILES string of the molecule is O=C(Nc1ccccc1Oc1ccccc1)c1sc(-c2ccccc2)nc1C(F)(F)F. The Morgan fingerprint density at radius 3 is 2.16 bits per heavy atom. The van der Waals surface area contributed by atoms with Gasteiger partial charge in [-0.2, -0.15) is 13.2 Å². The zero-order valence-corrected chi connectivity index (χ0v) is 16.7. The zero-order chi connectivity index (χ0) is 21.8. The fourth-order valence-corrected chi connectivity index (χ4v) is 3.81. The third-order valence-electron chi connectivity index (χ3n) is 4.23. The first-order valence-electron chi connectivity index (χ1n) is 9.18. The first kappa shape index (κ1) is 20.6. The highest BCUT2D eigenvalue weighted by molar-refractivity contribution is 7.17. The highest BCUT2D eigenvalue weighted by Gasteiger charge is 2.40. The van der Waals surface area contributed by atoms with Crippen LogP contribution >= 0.6 is 11.3 Å². The molecule has 1 aromatic heterocycles. The van der Waals surface area contributed by atoms with E-state index >= 15 is 0 Å². The standard InChI is InChI=1S/C23H15F3N2O2S/c24-23(25,26)20-19(31-22(28-20)15-9-3-1-4-10-15)21(29)27-17-13-7-8-14-18(17)30-16-11-5-2-6-12-16/h1-14H,(H,27,29). The molecule has 0 aliphatic carbocycles. The molecule has 4 rings (SSSR count). The van der Waals surface area contributed by atoms with Crippen LogP contribution in [0.2, 0.25) is 0 Å². The lowest BCUT2D eigenvalue weighted by molar-refractivity contribution is -0.140. The van der Waals surface area contributed by atoms with Gasteiger partial charge in [0.1, 0.15) is 15.6 Å². The van der Waals surface area contributed by atoms with Crippen molar-refractivity contribution in [3.05, 3.63) is 95.5 Å². The maximum Gasteiger partial charge on any atom is 0.435 e. The van der Waals surface area contributed by atoms with E-state index in [0.29, 0.717) is 28.4 Å². The number of halogens is 3. The average molecular weight is 440 g/mol. The number of hydrogen-bond donors (Lipinski definition) is 1. The van der Waals surface area contributed by atoms with E-state index in [9.17, 15) is 18.0 Å². The van der Waals surface area contributed by atoms with Gasteiger partial charge >= 0.3 is 6.18 Å². The van der Waals surface area contributed by atoms with Crippen LogP contribution in [0.25, 0.3) is 10.6 Å². The minimum atomic E-state index is -4.77. The van der Waals surface area contributed by atoms with Gasteiger partial charge < -0.3 is 10.1 Å². The van der Waals surface area contributed by atoms with Crippen LogP contribution in [-0.2, 0) is 6.18 Å². The third-order valence-corrected chi connectivity index (χ3v) is 5.33. The Morgan fingerprint density at radius 1 is 0.871 bits per heavy atom. The largest absolute Gasteiger partial charge is 0.455 e. The molecule has 0 spiro atoms. The maximum absolute atomic E-state index is 13.6. The second-order valence-electron chi connectivity index (χ2n) is 6.43. The van der Waals surface area contributed by atoms with Gasteiger partial charge in [-0.25, -0.2) is 4.98 Å². The number of alkyl halides is 3. The summed E-state index contributed by atoms with van der Waals surface area (Å²) in [6, 6.07) is 23.8. The summed E-state index contributed by atoms with van der Waals surface area (Å²) in [6.45, 7) is 0. The second-order valence-corrected chi connectivity index (χ2v) is 7.43. The van der Waals surface area contributed by atoms with Crippen LogP contribution in [0.4, 0.5) is 18.9 Å². The number of thiazole rings is 1. The van der Waals surface area contributed by atoms with Gasteiger partial charge in [-0.05, 0) is 24.3 Å². The van der Waals surface area contributed by atoms with Crippen LogP contribution in [0.3, 0.4) is 0 Å². The van der Waals surface area contributed by atoms with Gasteiger partial charge in [-0.1, -0.05) is 60.7 Å². The van der Waals surface area contributed by atoms with Crippen molar-refractivity contribution >= 4 is 22.9 Å². The van der Waals surface area contributed by atoms with Gasteiger partial charge in [0.25, 0.3) is 5.91 Å². The Kier molecular flexibility index (Phi) is 5.73. The molecule has 0 fully saturated rings. The number of nitrogens with one attached hydrogen (secondary N) is 1. The monoisotopic (exact) mass is 440 g/mol. The number of amides is 1. The Bertz CT molecular complexity index is 1190. The van der Waals surface area contributed by atoms with Gasteiger partial charge in [0.15, 0.2) is 11.4 Å². The number of anilines is 1. The third kappa shape index (κ3) is 4.75. The molecular weight excluding hydrogens is 425 g/mol. The topological polar surface area (TPSA) is 51.2 Å². The number of nitrogens with zero attached hydrogens (tertiary/aromatic N) is 1. The highest BCUT2D eigenvalue weighted by Crippen LogP contribution is 2.38. The summed E-state index contributed by atoms with van der Waals surface area (Å²) in [7, 11) is 0. The lowest BCUT2D eigenvalue weighted by Gasteiger charge is -2.12. The molecule has 1 N–H and O–H groups in total. The fourth-order valence-electron chi connectivity index (χ4n) is 2.82. The summed E-state index contributed by atoms with van der Waals surface area (Å²) in [6.07, 6.45) is -4.77. The molecule has 8 heteroatoms. The molecule has 0 saturated carbocycles. The predicted molar refractivity (Wildman–Crippen MR) is 113 cm³/mol. The summed E-state index contributed by atoms with van der Waals surface area (Å²) in [5, 5.41) is 2.65. The summed E-state index contributed by atoms with van der Waals surface area (Å²) in [4.78, 5) is 16.0. The van der Waals surface area contributed by atoms with Crippen molar-refractivity contribution in [2.24, 2.45) is 0 Å². The van der Waals surface area contributed by atoms with E-state index in [-0.39, 0.29) is 10.7 Å². The summed E-state index contributed by atoms with van der Waals surface area (Å²) in [5.74, 6) is -0.0659. The lowest BCUT2D eigenvalue weighted by atomic mass is 10.2. The highest BCUT2D eigenvalue weighted by atomic mass is 32.1. The quantitative estimate of drug-likeness (QED) is 0.368. The molecule has 4 nitrogen and oxygen atoms in total. The molecule has 0 unspecified atom stereocenters. The van der Waals surface area contributed by atoms with E-state index in [2.05, 4.69) is 10.3 Å². The summed E-state index contributed by atoms with van der Waals surface area (Å²) < 4.78 is 46.5. The van der Waals surface area contributed by atoms with Crippen molar-refractivity contribution in [3.63, 3.8) is 0 Å². The van der Waals surface area contributed by atoms with Gasteiger partial charge in [0, 0.05) is 5.56 Å². The number of benzene rings is 3. The molecule has 0 atom stereocenters. The van der Waals surface area contributed by atoms with Crippen LogP contribution in [0, 0.1) is 0 Å². The molecule has 1 amide bonds. The first-order valence-corrected chi connectivity index (χ1v) is 10.00. The van der Waals surface area contributed by atoms with Crippen LogP contribution in [0.1, 0.15) is 15.4 Å². The number of carbonyl (C=O) groups excluding carboxylic acids is 1. The van der Waals surface area contributed by atoms with Crippen LogP contribution in [-0.4, -0.2) is 10.9 Å². The van der Waals surface area contributed by atoms with Crippen LogP contribution in [0.5, 0.6) is 11.5 Å². The maximum atomic E-state index is 13.6. The van der Waals surface area contributed by atoms with E-state index in [4.69, 9.17) is 4.74 Å². The number of rotatable bonds is 5. The van der Waals surface area contributed by atoms with Crippen molar-refractivity contribution in [3.8, 4) is 22.1 Å². The van der Waals surface area contributed by atoms with Gasteiger partial charge in [0.05, 0.1) is 5.69 Å². The van der Waals surface area contributed by atoms with Crippen molar-refractivity contribution in [1.82, 2.24) is 4.98 Å². The van der Waals surface area contributed by atoms with Crippen LogP contribution < -0.4 is 10.1 Å². The van der Waals surface area contributed by atoms with Crippen molar-refractivity contribution in [1.29, 1.82) is 0 Å². The molecule has 3 aromatic carbocycles. The lowest BCUT2D eigenvalue weighted by Crippen LogP contribution is -2.17. The molecule has 31 heavy (non-hydrogen) atoms. The predicted octanol–water partition coefficient (Wildman–Crippen LogP) is 6.87. The molecule has 0 aliphatic rings. The Morgan fingerprint density at radius 2 is 1.48 bits per heavy atom. The Balaban J connectivity index is 1.66. The minimum absolute atomic E-state index is 0.117. The second kappa shape index (κ2) is 8.61. The van der Waals surface area contributed by atoms with Crippen molar-refractivity contribution in [2.75, 3.05) is 5.32 Å². The molecule has 0 bridgehead atoms. The Labute approximate surface area is 180 Å². The number of aromatic nitrogens is 1. The summed E-state index contributed by atoms with van der Waals surface area (Å²) >= 11 is 0.693. The number of ether oxygens (including phenoxy) is 1. The van der Waals surface area contributed by atoms with Crippen molar-refractivity contribution < 1.29 is 22.7 Å². The molecule has 0 aliphatic heterocycles. The molecular formula is C23H15F3N2O2S. The first-order chi connectivity index (χ1) is 14.9. The molecule has 4 aromatic rings. The Hall–Kier alpha value is -3.65. The number of carbonyl (C=O) groups is 1. The van der Waals surface area contributed by atoms with E-state index in [1.54, 1.807) is 78.9 Å². The zero-order valence-electron chi connectivity index (χ0n) is 15.9. The molecule has 0 radical (unpaired) electrons. The van der Waals surface area contributed by atoms with Gasteiger partial charge in [-0.15, -0.1) is 11.3 Å². The summed E-state index contributed by atoms with van der Waals surface area (Å²) in [5.41, 5.74) is -0.459. The number of hydrogen-bond acceptors (Lipinski definition) is 4. The van der Waals surface area contributed by atoms with E-state index in [1.807, 2.05) is 6.07 Å². The molecule has 0 saturated heterocycles. The van der Waals surface area contributed by atoms with Gasteiger partial charge in [0.2, 0.25) is 0 Å². The molecule has 1 heterocycles. The van der Waals surface area contributed by atoms with E-state index in [1.165, 1.54) is 0 Å². The van der Waals surface area contributed by atoms with E-state index in [0.717, 1.165) is 0 Å². The number of para-hydroxylation sites is 3. The smallest absolute Gasteiger partial charge is 0.435 e. The minimum Gasteiger partial charge on any atom is -0.455 e. The van der Waals surface area contributed by atoms with Gasteiger partial charge in [-0.3, -0.25) is 4.79 Å². The average Bonchev–Trinajstić information content (AvgIpc) is 3.23. The van der Waals surface area contributed by atoms with E-state index < -0.39 is 22.7 Å². The van der Waals surface area contributed by atoms with Crippen LogP contribution in [0.15, 0.2) is 84.9 Å².